The molecule has 0 saturated carbocycles. The van der Waals surface area contributed by atoms with Crippen LogP contribution in [0, 0.1) is 27.7 Å². The van der Waals surface area contributed by atoms with Crippen LogP contribution in [-0.4, -0.2) is 46.0 Å². The van der Waals surface area contributed by atoms with Crippen LogP contribution in [0.25, 0.3) is 0 Å². The zero-order chi connectivity index (χ0) is 18.3. The Morgan fingerprint density at radius 2 is 1.54 bits per heavy atom. The van der Waals surface area contributed by atoms with Crippen LogP contribution in [0.15, 0.2) is 6.07 Å². The molecule has 24 heavy (non-hydrogen) atoms. The molecule has 6 nitrogen and oxygen atoms in total. The van der Waals surface area contributed by atoms with Gasteiger partial charge < -0.3 is 0 Å². The highest BCUT2D eigenvalue weighted by atomic mass is 16.2. The van der Waals surface area contributed by atoms with Gasteiger partial charge in [-0.15, -0.1) is 0 Å². The Hall–Kier alpha value is -2.50. The average molecular weight is 330 g/mol. The molecule has 0 bridgehead atoms. The molecule has 2 rings (SSSR count). The van der Waals surface area contributed by atoms with Gasteiger partial charge in [0.2, 0.25) is 0 Å². The number of amides is 4. The molecular formula is C18H22N2O4. The molecule has 1 aromatic carbocycles. The smallest absolute Gasteiger partial charge is 0.292 e. The standard InChI is InChI=1S/C18H22N2O4/c1-9(2)20-17(23)16(22)19(18(20)24)8-14(21)15-11(4)7-10(3)12(5)13(15)6/h7,9H,8H2,1-6H3. The van der Waals surface area contributed by atoms with Crippen LogP contribution in [0.5, 0.6) is 0 Å². The predicted molar refractivity (Wildman–Crippen MR) is 88.8 cm³/mol. The maximum atomic E-state index is 12.7. The third kappa shape index (κ3) is 2.72. The van der Waals surface area contributed by atoms with Gasteiger partial charge in [-0.1, -0.05) is 6.07 Å². The second-order valence-electron chi connectivity index (χ2n) is 6.50. The molecule has 0 aliphatic carbocycles. The Morgan fingerprint density at radius 3 is 2.04 bits per heavy atom. The molecule has 0 aromatic heterocycles. The van der Waals surface area contributed by atoms with E-state index in [2.05, 4.69) is 0 Å². The number of ketones is 1. The summed E-state index contributed by atoms with van der Waals surface area (Å²) in [7, 11) is 0. The van der Waals surface area contributed by atoms with E-state index in [9.17, 15) is 19.2 Å². The van der Waals surface area contributed by atoms with Gasteiger partial charge in [-0.2, -0.15) is 0 Å². The van der Waals surface area contributed by atoms with Gasteiger partial charge in [-0.25, -0.2) is 9.69 Å². The summed E-state index contributed by atoms with van der Waals surface area (Å²) in [6, 6.07) is 0.751. The summed E-state index contributed by atoms with van der Waals surface area (Å²) in [5.41, 5.74) is 4.23. The Labute approximate surface area is 141 Å². The first-order valence-electron chi connectivity index (χ1n) is 7.87. The topological polar surface area (TPSA) is 74.8 Å². The highest BCUT2D eigenvalue weighted by Gasteiger charge is 2.46. The van der Waals surface area contributed by atoms with Gasteiger partial charge >= 0.3 is 17.8 Å². The monoisotopic (exact) mass is 330 g/mol. The molecule has 0 atom stereocenters. The van der Waals surface area contributed by atoms with Crippen molar-refractivity contribution in [1.29, 1.82) is 0 Å². The SMILES string of the molecule is Cc1cc(C)c(C(=O)CN2C(=O)C(=O)N(C(C)C)C2=O)c(C)c1C. The number of Topliss-reactive ketones (excluding diaryl/α,β-unsaturated/α-hetero) is 1. The second-order valence-corrected chi connectivity index (χ2v) is 6.50. The molecule has 1 heterocycles. The predicted octanol–water partition coefficient (Wildman–Crippen LogP) is 2.30. The molecule has 1 fully saturated rings. The summed E-state index contributed by atoms with van der Waals surface area (Å²) >= 11 is 0. The molecule has 4 amide bonds. The number of hydrogen-bond donors (Lipinski definition) is 0. The lowest BCUT2D eigenvalue weighted by molar-refractivity contribution is -0.143. The van der Waals surface area contributed by atoms with E-state index < -0.39 is 30.4 Å². The first kappa shape index (κ1) is 17.8. The fraction of sp³-hybridized carbons (Fsp3) is 0.444. The number of hydrogen-bond acceptors (Lipinski definition) is 4. The molecule has 1 saturated heterocycles. The van der Waals surface area contributed by atoms with E-state index in [1.807, 2.05) is 33.8 Å². The summed E-state index contributed by atoms with van der Waals surface area (Å²) < 4.78 is 0. The summed E-state index contributed by atoms with van der Waals surface area (Å²) in [6.45, 7) is 10.4. The third-order valence-corrected chi connectivity index (χ3v) is 4.54. The maximum absolute atomic E-state index is 12.7. The van der Waals surface area contributed by atoms with Crippen molar-refractivity contribution in [2.24, 2.45) is 0 Å². The molecule has 6 heteroatoms. The van der Waals surface area contributed by atoms with Gasteiger partial charge in [0.05, 0.1) is 6.54 Å². The molecule has 0 radical (unpaired) electrons. The Kier molecular flexibility index (Phi) is 4.60. The van der Waals surface area contributed by atoms with E-state index in [-0.39, 0.29) is 5.78 Å². The van der Waals surface area contributed by atoms with Crippen molar-refractivity contribution < 1.29 is 19.2 Å². The largest absolute Gasteiger partial charge is 0.334 e. The van der Waals surface area contributed by atoms with Crippen molar-refractivity contribution >= 4 is 23.6 Å². The van der Waals surface area contributed by atoms with Crippen molar-refractivity contribution in [2.75, 3.05) is 6.54 Å². The van der Waals surface area contributed by atoms with Crippen LogP contribution >= 0.6 is 0 Å². The van der Waals surface area contributed by atoms with Gasteiger partial charge in [-0.3, -0.25) is 19.3 Å². The lowest BCUT2D eigenvalue weighted by Crippen LogP contribution is -2.39. The van der Waals surface area contributed by atoms with Gasteiger partial charge in [0.15, 0.2) is 5.78 Å². The van der Waals surface area contributed by atoms with Crippen molar-refractivity contribution in [3.05, 3.63) is 33.9 Å². The van der Waals surface area contributed by atoms with E-state index in [4.69, 9.17) is 0 Å². The summed E-state index contributed by atoms with van der Waals surface area (Å²) in [5.74, 6) is -2.16. The van der Waals surface area contributed by atoms with E-state index in [1.165, 1.54) is 0 Å². The van der Waals surface area contributed by atoms with Crippen LogP contribution in [0.3, 0.4) is 0 Å². The summed E-state index contributed by atoms with van der Waals surface area (Å²) in [6.07, 6.45) is 0. The number of urea groups is 1. The molecule has 128 valence electrons. The molecule has 0 N–H and O–H groups in total. The minimum atomic E-state index is -0.943. The fourth-order valence-corrected chi connectivity index (χ4v) is 3.05. The molecule has 1 aromatic rings. The Balaban J connectivity index is 2.35. The van der Waals surface area contributed by atoms with Crippen LogP contribution in [-0.2, 0) is 9.59 Å². The average Bonchev–Trinajstić information content (AvgIpc) is 2.68. The van der Waals surface area contributed by atoms with Crippen molar-refractivity contribution in [3.63, 3.8) is 0 Å². The molecule has 1 aliphatic rings. The van der Waals surface area contributed by atoms with E-state index in [0.717, 1.165) is 32.1 Å². The van der Waals surface area contributed by atoms with Gasteiger partial charge in [-0.05, 0) is 63.8 Å². The number of carbonyl (C=O) groups is 4. The number of benzene rings is 1. The first-order valence-corrected chi connectivity index (χ1v) is 7.87. The Morgan fingerprint density at radius 1 is 0.958 bits per heavy atom. The quantitative estimate of drug-likeness (QED) is 0.482. The summed E-state index contributed by atoms with van der Waals surface area (Å²) in [5, 5.41) is 0. The molecular weight excluding hydrogens is 308 g/mol. The maximum Gasteiger partial charge on any atom is 0.334 e. The minimum absolute atomic E-state index is 0.340. The minimum Gasteiger partial charge on any atom is -0.292 e. The zero-order valence-corrected chi connectivity index (χ0v) is 14.9. The molecule has 0 spiro atoms. The fourth-order valence-electron chi connectivity index (χ4n) is 3.05. The number of rotatable bonds is 4. The second kappa shape index (κ2) is 6.19. The number of aryl methyl sites for hydroxylation is 2. The van der Waals surface area contributed by atoms with Crippen molar-refractivity contribution in [3.8, 4) is 0 Å². The van der Waals surface area contributed by atoms with E-state index in [1.54, 1.807) is 13.8 Å². The van der Waals surface area contributed by atoms with Gasteiger partial charge in [0, 0.05) is 11.6 Å². The number of nitrogens with zero attached hydrogens (tertiary/aromatic N) is 2. The molecule has 0 unspecified atom stereocenters. The van der Waals surface area contributed by atoms with Crippen LogP contribution in [0.4, 0.5) is 4.79 Å². The van der Waals surface area contributed by atoms with Crippen LogP contribution in [0.2, 0.25) is 0 Å². The van der Waals surface area contributed by atoms with Crippen LogP contribution in [0.1, 0.15) is 46.5 Å². The zero-order valence-electron chi connectivity index (χ0n) is 14.9. The summed E-state index contributed by atoms with van der Waals surface area (Å²) in [4.78, 5) is 50.6. The lowest BCUT2D eigenvalue weighted by atomic mass is 9.92. The highest BCUT2D eigenvalue weighted by molar-refractivity contribution is 6.45. The normalized spacial score (nSPS) is 15.0. The number of imide groups is 2. The Bertz CT molecular complexity index is 765. The third-order valence-electron chi connectivity index (χ3n) is 4.54. The van der Waals surface area contributed by atoms with Crippen molar-refractivity contribution in [1.82, 2.24) is 9.80 Å². The van der Waals surface area contributed by atoms with E-state index >= 15 is 0 Å². The first-order chi connectivity index (χ1) is 11.1. The van der Waals surface area contributed by atoms with Gasteiger partial charge in [0.1, 0.15) is 0 Å². The highest BCUT2D eigenvalue weighted by Crippen LogP contribution is 2.23. The number of carbonyl (C=O) groups excluding carboxylic acids is 4. The van der Waals surface area contributed by atoms with Crippen LogP contribution < -0.4 is 0 Å². The molecule has 1 aliphatic heterocycles. The van der Waals surface area contributed by atoms with E-state index in [0.29, 0.717) is 5.56 Å². The lowest BCUT2D eigenvalue weighted by Gasteiger charge is -2.19. The van der Waals surface area contributed by atoms with Gasteiger partial charge in [0.25, 0.3) is 0 Å². The van der Waals surface area contributed by atoms with Crippen molar-refractivity contribution in [2.45, 2.75) is 47.6 Å².